The number of hydrogen-bond acceptors (Lipinski definition) is 4. The first kappa shape index (κ1) is 19.5. The summed E-state index contributed by atoms with van der Waals surface area (Å²) in [4.78, 5) is 21.6. The summed E-state index contributed by atoms with van der Waals surface area (Å²) in [6, 6.07) is 17.8. The molecule has 0 aliphatic heterocycles. The van der Waals surface area contributed by atoms with Crippen molar-refractivity contribution in [3.05, 3.63) is 82.7 Å². The van der Waals surface area contributed by atoms with Crippen molar-refractivity contribution >= 4 is 17.5 Å². The number of carbonyl (C=O) groups excluding carboxylic acids is 1. The quantitative estimate of drug-likeness (QED) is 0.631. The Bertz CT molecular complexity index is 982. The molecule has 0 spiro atoms. The van der Waals surface area contributed by atoms with E-state index < -0.39 is 0 Å². The largest absolute Gasteiger partial charge is 0.350 e. The van der Waals surface area contributed by atoms with Gasteiger partial charge in [0.25, 0.3) is 5.91 Å². The number of nitrogens with one attached hydrogen (secondary N) is 2. The Kier molecular flexibility index (Phi) is 6.04. The van der Waals surface area contributed by atoms with Gasteiger partial charge in [0, 0.05) is 17.9 Å². The van der Waals surface area contributed by atoms with Gasteiger partial charge in [0.15, 0.2) is 0 Å². The molecule has 1 amide bonds. The molecule has 144 valence electrons. The van der Waals surface area contributed by atoms with Gasteiger partial charge in [-0.3, -0.25) is 4.79 Å². The average Bonchev–Trinajstić information content (AvgIpc) is 2.66. The second-order valence-electron chi connectivity index (χ2n) is 7.26. The van der Waals surface area contributed by atoms with Crippen molar-refractivity contribution in [2.45, 2.75) is 40.2 Å². The van der Waals surface area contributed by atoms with Crippen LogP contribution in [0.1, 0.15) is 52.6 Å². The smallest absolute Gasteiger partial charge is 0.274 e. The highest BCUT2D eigenvalue weighted by molar-refractivity contribution is 6.03. The molecule has 0 unspecified atom stereocenters. The fourth-order valence-electron chi connectivity index (χ4n) is 3.07. The van der Waals surface area contributed by atoms with Crippen molar-refractivity contribution in [3.63, 3.8) is 0 Å². The summed E-state index contributed by atoms with van der Waals surface area (Å²) in [5.41, 5.74) is 5.34. The molecule has 1 aromatic heterocycles. The Morgan fingerprint density at radius 2 is 1.79 bits per heavy atom. The maximum Gasteiger partial charge on any atom is 0.274 e. The van der Waals surface area contributed by atoms with Crippen LogP contribution in [0.3, 0.4) is 0 Å². The van der Waals surface area contributed by atoms with Crippen LogP contribution in [0.25, 0.3) is 0 Å². The first-order chi connectivity index (χ1) is 13.4. The molecule has 0 radical (unpaired) electrons. The maximum absolute atomic E-state index is 12.8. The predicted molar refractivity (Wildman–Crippen MR) is 114 cm³/mol. The molecule has 0 aliphatic rings. The molecule has 5 nitrogen and oxygen atoms in total. The van der Waals surface area contributed by atoms with Gasteiger partial charge < -0.3 is 10.6 Å². The number of carbonyl (C=O) groups is 1. The summed E-state index contributed by atoms with van der Waals surface area (Å²) in [5.74, 6) is 0.524. The van der Waals surface area contributed by atoms with Gasteiger partial charge in [0.1, 0.15) is 5.69 Å². The van der Waals surface area contributed by atoms with Gasteiger partial charge in [0.2, 0.25) is 5.95 Å². The minimum absolute atomic E-state index is 0.239. The molecule has 0 fully saturated rings. The van der Waals surface area contributed by atoms with Crippen LogP contribution in [0.5, 0.6) is 0 Å². The fraction of sp³-hybridized carbons (Fsp3) is 0.261. The second-order valence-corrected chi connectivity index (χ2v) is 7.26. The Morgan fingerprint density at radius 3 is 2.54 bits per heavy atom. The summed E-state index contributed by atoms with van der Waals surface area (Å²) in [6.45, 7) is 8.73. The van der Waals surface area contributed by atoms with Crippen LogP contribution in [-0.2, 0) is 6.54 Å². The Hall–Kier alpha value is -3.21. The van der Waals surface area contributed by atoms with E-state index in [0.29, 0.717) is 24.1 Å². The van der Waals surface area contributed by atoms with Crippen LogP contribution in [0.15, 0.2) is 54.6 Å². The molecule has 0 atom stereocenters. The number of hydrogen-bond donors (Lipinski definition) is 2. The fourth-order valence-corrected chi connectivity index (χ4v) is 3.07. The van der Waals surface area contributed by atoms with E-state index in [2.05, 4.69) is 53.5 Å². The minimum atomic E-state index is -0.239. The molecule has 1 heterocycles. The molecular weight excluding hydrogens is 348 g/mol. The SMILES string of the molecule is Cc1cccc(CNc2nc(C)cc(C(=O)Nc3ccccc3C(C)C)n2)c1. The molecule has 0 bridgehead atoms. The van der Waals surface area contributed by atoms with Crippen molar-refractivity contribution < 1.29 is 4.79 Å². The standard InChI is InChI=1S/C23H26N4O/c1-15(2)19-10-5-6-11-20(19)26-22(28)21-13-17(4)25-23(27-21)24-14-18-9-7-8-16(3)12-18/h5-13,15H,14H2,1-4H3,(H,26,28)(H,24,25,27). The zero-order valence-corrected chi connectivity index (χ0v) is 16.8. The van der Waals surface area contributed by atoms with E-state index in [-0.39, 0.29) is 5.91 Å². The maximum atomic E-state index is 12.8. The van der Waals surface area contributed by atoms with Gasteiger partial charge in [-0.15, -0.1) is 0 Å². The van der Waals surface area contributed by atoms with Gasteiger partial charge in [0.05, 0.1) is 0 Å². The van der Waals surface area contributed by atoms with E-state index in [1.54, 1.807) is 6.07 Å². The van der Waals surface area contributed by atoms with E-state index in [1.807, 2.05) is 43.3 Å². The van der Waals surface area contributed by atoms with Gasteiger partial charge >= 0.3 is 0 Å². The number of benzene rings is 2. The molecule has 2 N–H and O–H groups in total. The number of aromatic nitrogens is 2. The van der Waals surface area contributed by atoms with E-state index in [1.165, 1.54) is 5.56 Å². The highest BCUT2D eigenvalue weighted by Gasteiger charge is 2.14. The van der Waals surface area contributed by atoms with Crippen molar-refractivity contribution in [3.8, 4) is 0 Å². The molecule has 5 heteroatoms. The van der Waals surface area contributed by atoms with Crippen molar-refractivity contribution in [2.75, 3.05) is 10.6 Å². The highest BCUT2D eigenvalue weighted by atomic mass is 16.1. The monoisotopic (exact) mass is 374 g/mol. The van der Waals surface area contributed by atoms with Gasteiger partial charge in [-0.05, 0) is 43.0 Å². The van der Waals surface area contributed by atoms with Gasteiger partial charge in [-0.1, -0.05) is 61.9 Å². The predicted octanol–water partition coefficient (Wildman–Crippen LogP) is 5.08. The molecule has 0 saturated heterocycles. The zero-order chi connectivity index (χ0) is 20.1. The summed E-state index contributed by atoms with van der Waals surface area (Å²) >= 11 is 0. The third-order valence-corrected chi connectivity index (χ3v) is 4.45. The van der Waals surface area contributed by atoms with E-state index in [0.717, 1.165) is 22.5 Å². The minimum Gasteiger partial charge on any atom is -0.350 e. The van der Waals surface area contributed by atoms with E-state index in [9.17, 15) is 4.79 Å². The van der Waals surface area contributed by atoms with Crippen LogP contribution in [0.4, 0.5) is 11.6 Å². The van der Waals surface area contributed by atoms with Crippen molar-refractivity contribution in [2.24, 2.45) is 0 Å². The second kappa shape index (κ2) is 8.65. The molecule has 3 aromatic rings. The van der Waals surface area contributed by atoms with E-state index >= 15 is 0 Å². The number of amides is 1. The van der Waals surface area contributed by atoms with Gasteiger partial charge in [-0.25, -0.2) is 9.97 Å². The van der Waals surface area contributed by atoms with Crippen LogP contribution < -0.4 is 10.6 Å². The van der Waals surface area contributed by atoms with Crippen LogP contribution in [0, 0.1) is 13.8 Å². The summed E-state index contributed by atoms with van der Waals surface area (Å²) < 4.78 is 0. The van der Waals surface area contributed by atoms with Crippen molar-refractivity contribution in [1.29, 1.82) is 0 Å². The lowest BCUT2D eigenvalue weighted by molar-refractivity contribution is 0.102. The third-order valence-electron chi connectivity index (χ3n) is 4.45. The topological polar surface area (TPSA) is 66.9 Å². The first-order valence-corrected chi connectivity index (χ1v) is 9.48. The Morgan fingerprint density at radius 1 is 1.00 bits per heavy atom. The molecule has 28 heavy (non-hydrogen) atoms. The number of aryl methyl sites for hydroxylation is 2. The molecule has 3 rings (SSSR count). The third kappa shape index (κ3) is 4.94. The molecule has 0 aliphatic carbocycles. The van der Waals surface area contributed by atoms with Crippen LogP contribution in [-0.4, -0.2) is 15.9 Å². The first-order valence-electron chi connectivity index (χ1n) is 9.48. The van der Waals surface area contributed by atoms with Crippen LogP contribution in [0.2, 0.25) is 0 Å². The highest BCUT2D eigenvalue weighted by Crippen LogP contribution is 2.24. The number of rotatable bonds is 6. The average molecular weight is 374 g/mol. The lowest BCUT2D eigenvalue weighted by Crippen LogP contribution is -2.17. The lowest BCUT2D eigenvalue weighted by atomic mass is 10.0. The molecule has 2 aromatic carbocycles. The Balaban J connectivity index is 1.76. The van der Waals surface area contributed by atoms with E-state index in [4.69, 9.17) is 0 Å². The van der Waals surface area contributed by atoms with Crippen LogP contribution >= 0.6 is 0 Å². The number of anilines is 2. The van der Waals surface area contributed by atoms with Gasteiger partial charge in [-0.2, -0.15) is 0 Å². The lowest BCUT2D eigenvalue weighted by Gasteiger charge is -2.14. The molecule has 0 saturated carbocycles. The Labute approximate surface area is 166 Å². The summed E-state index contributed by atoms with van der Waals surface area (Å²) in [6.07, 6.45) is 0. The summed E-state index contributed by atoms with van der Waals surface area (Å²) in [5, 5.41) is 6.20. The summed E-state index contributed by atoms with van der Waals surface area (Å²) in [7, 11) is 0. The van der Waals surface area contributed by atoms with Crippen molar-refractivity contribution in [1.82, 2.24) is 9.97 Å². The number of para-hydroxylation sites is 1. The number of nitrogens with zero attached hydrogens (tertiary/aromatic N) is 2. The molecular formula is C23H26N4O. The normalized spacial score (nSPS) is 10.8. The zero-order valence-electron chi connectivity index (χ0n) is 16.8.